The third-order valence-electron chi connectivity index (χ3n) is 3.73. The molecule has 3 N–H and O–H groups in total. The number of amides is 2. The Kier molecular flexibility index (Phi) is 4.39. The summed E-state index contributed by atoms with van der Waals surface area (Å²) in [5.41, 5.74) is 7.94. The Bertz CT molecular complexity index is 498. The fraction of sp³-hybridized carbons (Fsp3) is 0.467. The zero-order valence-electron chi connectivity index (χ0n) is 11.9. The lowest BCUT2D eigenvalue weighted by atomic mass is 10.0. The Morgan fingerprint density at radius 3 is 2.50 bits per heavy atom. The number of imide groups is 1. The first-order valence-corrected chi connectivity index (χ1v) is 7.02. The number of rotatable bonds is 4. The van der Waals surface area contributed by atoms with Crippen LogP contribution in [-0.2, 0) is 9.59 Å². The van der Waals surface area contributed by atoms with Gasteiger partial charge in [-0.3, -0.25) is 14.9 Å². The number of nitrogens with two attached hydrogens (primary N) is 1. The lowest BCUT2D eigenvalue weighted by Gasteiger charge is -2.35. The van der Waals surface area contributed by atoms with Crippen LogP contribution in [0.1, 0.15) is 38.3 Å². The number of benzene rings is 1. The summed E-state index contributed by atoms with van der Waals surface area (Å²) in [4.78, 5) is 25.2. The minimum Gasteiger partial charge on any atom is -0.350 e. The molecule has 2 amide bonds. The van der Waals surface area contributed by atoms with E-state index < -0.39 is 0 Å². The van der Waals surface area contributed by atoms with Crippen molar-refractivity contribution in [2.75, 3.05) is 11.4 Å². The molecule has 0 saturated carbocycles. The van der Waals surface area contributed by atoms with Gasteiger partial charge in [-0.1, -0.05) is 26.0 Å². The molecule has 1 heterocycles. The molecule has 1 aliphatic heterocycles. The molecule has 0 aromatic heterocycles. The van der Waals surface area contributed by atoms with Crippen molar-refractivity contribution >= 4 is 17.5 Å². The van der Waals surface area contributed by atoms with E-state index in [2.05, 4.69) is 5.32 Å². The van der Waals surface area contributed by atoms with Crippen molar-refractivity contribution in [3.05, 3.63) is 29.8 Å². The van der Waals surface area contributed by atoms with Crippen LogP contribution in [0.5, 0.6) is 0 Å². The number of hydrogen-bond donors (Lipinski definition) is 2. The molecule has 108 valence electrons. The summed E-state index contributed by atoms with van der Waals surface area (Å²) in [5.74, 6) is -0.480. The van der Waals surface area contributed by atoms with Gasteiger partial charge < -0.3 is 10.6 Å². The normalized spacial score (nSPS) is 20.8. The highest BCUT2D eigenvalue weighted by atomic mass is 16.2. The Labute approximate surface area is 119 Å². The molecule has 1 unspecified atom stereocenters. The van der Waals surface area contributed by atoms with Crippen LogP contribution in [0, 0.1) is 0 Å². The van der Waals surface area contributed by atoms with Crippen molar-refractivity contribution in [2.24, 2.45) is 5.73 Å². The Morgan fingerprint density at radius 1 is 1.30 bits per heavy atom. The van der Waals surface area contributed by atoms with Gasteiger partial charge in [-0.15, -0.1) is 0 Å². The van der Waals surface area contributed by atoms with Gasteiger partial charge in [-0.2, -0.15) is 0 Å². The molecule has 5 nitrogen and oxygen atoms in total. The second kappa shape index (κ2) is 6.05. The van der Waals surface area contributed by atoms with E-state index in [4.69, 9.17) is 5.73 Å². The van der Waals surface area contributed by atoms with Gasteiger partial charge in [0.25, 0.3) is 0 Å². The highest BCUT2D eigenvalue weighted by molar-refractivity contribution is 6.04. The number of anilines is 1. The highest BCUT2D eigenvalue weighted by Gasteiger charge is 2.32. The van der Waals surface area contributed by atoms with E-state index in [9.17, 15) is 9.59 Å². The van der Waals surface area contributed by atoms with E-state index in [-0.39, 0.29) is 30.4 Å². The van der Waals surface area contributed by atoms with Crippen molar-refractivity contribution in [1.82, 2.24) is 5.32 Å². The topological polar surface area (TPSA) is 75.4 Å². The van der Waals surface area contributed by atoms with Gasteiger partial charge in [-0.05, 0) is 30.5 Å². The second-order valence-corrected chi connectivity index (χ2v) is 5.07. The van der Waals surface area contributed by atoms with E-state index in [1.54, 1.807) is 0 Å². The predicted molar refractivity (Wildman–Crippen MR) is 78.2 cm³/mol. The summed E-state index contributed by atoms with van der Waals surface area (Å²) >= 11 is 0. The molecule has 2 atom stereocenters. The number of nitrogens with one attached hydrogen (secondary N) is 1. The SMILES string of the molecule is CCC1C(=O)NC(=O)CN1c1ccc([C@@H](N)CC)cc1. The fourth-order valence-electron chi connectivity index (χ4n) is 2.49. The molecular formula is C15H21N3O2. The van der Waals surface area contributed by atoms with E-state index in [0.29, 0.717) is 6.42 Å². The smallest absolute Gasteiger partial charge is 0.249 e. The molecule has 0 spiro atoms. The number of carbonyl (C=O) groups is 2. The molecule has 1 aliphatic rings. The summed E-state index contributed by atoms with van der Waals surface area (Å²) in [6.07, 6.45) is 1.54. The zero-order chi connectivity index (χ0) is 14.7. The third kappa shape index (κ3) is 2.82. The third-order valence-corrected chi connectivity index (χ3v) is 3.73. The predicted octanol–water partition coefficient (Wildman–Crippen LogP) is 1.34. The first-order chi connectivity index (χ1) is 9.56. The van der Waals surface area contributed by atoms with Gasteiger partial charge in [-0.25, -0.2) is 0 Å². The van der Waals surface area contributed by atoms with Crippen LogP contribution >= 0.6 is 0 Å². The first kappa shape index (κ1) is 14.5. The Balaban J connectivity index is 2.24. The fourth-order valence-corrected chi connectivity index (χ4v) is 2.49. The van der Waals surface area contributed by atoms with Gasteiger partial charge in [0.2, 0.25) is 11.8 Å². The van der Waals surface area contributed by atoms with Gasteiger partial charge in [0, 0.05) is 11.7 Å². The van der Waals surface area contributed by atoms with Crippen LogP contribution in [0.4, 0.5) is 5.69 Å². The minimum absolute atomic E-state index is 0.0253. The van der Waals surface area contributed by atoms with Gasteiger partial charge >= 0.3 is 0 Å². The summed E-state index contributed by atoms with van der Waals surface area (Å²) < 4.78 is 0. The molecule has 5 heteroatoms. The number of hydrogen-bond acceptors (Lipinski definition) is 4. The van der Waals surface area contributed by atoms with Gasteiger partial charge in [0.1, 0.15) is 6.04 Å². The molecule has 0 bridgehead atoms. The van der Waals surface area contributed by atoms with Crippen molar-refractivity contribution in [1.29, 1.82) is 0 Å². The van der Waals surface area contributed by atoms with Crippen molar-refractivity contribution in [2.45, 2.75) is 38.8 Å². The van der Waals surface area contributed by atoms with E-state index in [0.717, 1.165) is 17.7 Å². The van der Waals surface area contributed by atoms with Crippen LogP contribution in [0.15, 0.2) is 24.3 Å². The summed E-state index contributed by atoms with van der Waals surface area (Å²) in [7, 11) is 0. The Morgan fingerprint density at radius 2 is 1.95 bits per heavy atom. The summed E-state index contributed by atoms with van der Waals surface area (Å²) in [6, 6.07) is 7.52. The molecule has 20 heavy (non-hydrogen) atoms. The molecule has 0 aliphatic carbocycles. The zero-order valence-corrected chi connectivity index (χ0v) is 11.9. The molecule has 0 radical (unpaired) electrons. The summed E-state index contributed by atoms with van der Waals surface area (Å²) in [6.45, 7) is 4.19. The Hall–Kier alpha value is -1.88. The lowest BCUT2D eigenvalue weighted by molar-refractivity contribution is -0.132. The lowest BCUT2D eigenvalue weighted by Crippen LogP contribution is -2.58. The van der Waals surface area contributed by atoms with Crippen molar-refractivity contribution < 1.29 is 9.59 Å². The van der Waals surface area contributed by atoms with E-state index >= 15 is 0 Å². The van der Waals surface area contributed by atoms with Crippen molar-refractivity contribution in [3.63, 3.8) is 0 Å². The molecule has 1 aromatic rings. The highest BCUT2D eigenvalue weighted by Crippen LogP contribution is 2.23. The average molecular weight is 275 g/mol. The second-order valence-electron chi connectivity index (χ2n) is 5.07. The largest absolute Gasteiger partial charge is 0.350 e. The van der Waals surface area contributed by atoms with Gasteiger partial charge in [0.15, 0.2) is 0 Å². The maximum atomic E-state index is 11.8. The monoisotopic (exact) mass is 275 g/mol. The molecule has 1 fully saturated rings. The van der Waals surface area contributed by atoms with Gasteiger partial charge in [0.05, 0.1) is 6.54 Å². The maximum Gasteiger partial charge on any atom is 0.249 e. The van der Waals surface area contributed by atoms with Crippen LogP contribution in [-0.4, -0.2) is 24.4 Å². The molecule has 1 saturated heterocycles. The summed E-state index contributed by atoms with van der Waals surface area (Å²) in [5, 5.41) is 2.38. The average Bonchev–Trinajstić information content (AvgIpc) is 2.46. The standard InChI is InChI=1S/C15H21N3O2/c1-3-12(16)10-5-7-11(8-6-10)18-9-14(19)17-15(20)13(18)4-2/h5-8,12-13H,3-4,9,16H2,1-2H3,(H,17,19,20)/t12-,13?/m0/s1. The first-order valence-electron chi connectivity index (χ1n) is 7.02. The molecule has 1 aromatic carbocycles. The number of nitrogens with zero attached hydrogens (tertiary/aromatic N) is 1. The van der Waals surface area contributed by atoms with Crippen LogP contribution in [0.2, 0.25) is 0 Å². The molecule has 2 rings (SSSR count). The minimum atomic E-state index is -0.293. The van der Waals surface area contributed by atoms with Crippen LogP contribution in [0.25, 0.3) is 0 Å². The number of carbonyl (C=O) groups excluding carboxylic acids is 2. The number of piperazine rings is 1. The van der Waals surface area contributed by atoms with E-state index in [1.807, 2.05) is 43.0 Å². The van der Waals surface area contributed by atoms with E-state index in [1.165, 1.54) is 0 Å². The van der Waals surface area contributed by atoms with Crippen LogP contribution < -0.4 is 16.0 Å². The quantitative estimate of drug-likeness (QED) is 0.813. The van der Waals surface area contributed by atoms with Crippen molar-refractivity contribution in [3.8, 4) is 0 Å². The molecular weight excluding hydrogens is 254 g/mol. The van der Waals surface area contributed by atoms with Crippen LogP contribution in [0.3, 0.4) is 0 Å². The maximum absolute atomic E-state index is 11.8.